The zero-order valence-corrected chi connectivity index (χ0v) is 13.0. The van der Waals surface area contributed by atoms with Gasteiger partial charge >= 0.3 is 6.03 Å². The number of anilines is 1. The number of primary amides is 1. The van der Waals surface area contributed by atoms with Gasteiger partial charge in [0, 0.05) is 24.0 Å². The molecule has 1 aliphatic heterocycles. The first-order valence-electron chi connectivity index (χ1n) is 7.09. The molecule has 2 aromatic rings. The standard InChI is InChI=1S/C15H15FN4O2S/c16-11-3-1-2-9(6-11)12-8-23-14(18-12)19-15(22)20-5-4-10(7-20)13(17)21/h1-3,6,8,10H,4-5,7H2,(H2,17,21)(H,18,19,22)/t10-/m1/s1. The van der Waals surface area contributed by atoms with E-state index in [1.165, 1.54) is 23.5 Å². The van der Waals surface area contributed by atoms with Crippen LogP contribution < -0.4 is 11.1 Å². The van der Waals surface area contributed by atoms with Crippen molar-refractivity contribution in [3.05, 3.63) is 35.5 Å². The summed E-state index contributed by atoms with van der Waals surface area (Å²) >= 11 is 1.26. The normalized spacial score (nSPS) is 17.3. The highest BCUT2D eigenvalue weighted by atomic mass is 32.1. The van der Waals surface area contributed by atoms with Gasteiger partial charge in [-0.1, -0.05) is 12.1 Å². The Balaban J connectivity index is 1.65. The van der Waals surface area contributed by atoms with E-state index < -0.39 is 0 Å². The maximum atomic E-state index is 13.2. The maximum Gasteiger partial charge on any atom is 0.323 e. The number of aromatic nitrogens is 1. The minimum absolute atomic E-state index is 0.292. The van der Waals surface area contributed by atoms with Gasteiger partial charge in [0.1, 0.15) is 5.82 Å². The van der Waals surface area contributed by atoms with Crippen LogP contribution >= 0.6 is 11.3 Å². The molecule has 1 atom stereocenters. The van der Waals surface area contributed by atoms with Gasteiger partial charge in [0.2, 0.25) is 5.91 Å². The Morgan fingerprint density at radius 1 is 1.43 bits per heavy atom. The highest BCUT2D eigenvalue weighted by Gasteiger charge is 2.29. The molecule has 1 aromatic heterocycles. The largest absolute Gasteiger partial charge is 0.369 e. The lowest BCUT2D eigenvalue weighted by molar-refractivity contribution is -0.121. The molecule has 0 aliphatic carbocycles. The highest BCUT2D eigenvalue weighted by Crippen LogP contribution is 2.26. The first-order chi connectivity index (χ1) is 11.0. The second kappa shape index (κ2) is 6.33. The maximum absolute atomic E-state index is 13.2. The SMILES string of the molecule is NC(=O)[C@@H]1CCN(C(=O)Nc2nc(-c3cccc(F)c3)cs2)C1. The molecule has 120 valence electrons. The molecular formula is C15H15FN4O2S. The Bertz CT molecular complexity index is 749. The van der Waals surface area contributed by atoms with Crippen molar-refractivity contribution in [2.24, 2.45) is 11.7 Å². The van der Waals surface area contributed by atoms with Crippen LogP contribution in [0, 0.1) is 11.7 Å². The van der Waals surface area contributed by atoms with E-state index in [1.807, 2.05) is 0 Å². The fourth-order valence-corrected chi connectivity index (χ4v) is 3.17. The molecule has 1 aromatic carbocycles. The van der Waals surface area contributed by atoms with Crippen molar-refractivity contribution >= 4 is 28.4 Å². The lowest BCUT2D eigenvalue weighted by Crippen LogP contribution is -2.34. The van der Waals surface area contributed by atoms with E-state index in [0.29, 0.717) is 35.9 Å². The van der Waals surface area contributed by atoms with Gasteiger partial charge in [0.15, 0.2) is 5.13 Å². The lowest BCUT2D eigenvalue weighted by atomic mass is 10.1. The smallest absolute Gasteiger partial charge is 0.323 e. The third-order valence-corrected chi connectivity index (χ3v) is 4.47. The number of nitrogens with two attached hydrogens (primary N) is 1. The Hall–Kier alpha value is -2.48. The number of rotatable bonds is 3. The summed E-state index contributed by atoms with van der Waals surface area (Å²) in [6, 6.07) is 5.80. The zero-order chi connectivity index (χ0) is 16.4. The number of carbonyl (C=O) groups excluding carboxylic acids is 2. The van der Waals surface area contributed by atoms with Gasteiger partial charge in [-0.15, -0.1) is 11.3 Å². The average molecular weight is 334 g/mol. The molecule has 23 heavy (non-hydrogen) atoms. The van der Waals surface area contributed by atoms with Gasteiger partial charge in [-0.2, -0.15) is 0 Å². The van der Waals surface area contributed by atoms with Crippen molar-refractivity contribution in [1.82, 2.24) is 9.88 Å². The van der Waals surface area contributed by atoms with Crippen molar-refractivity contribution in [2.45, 2.75) is 6.42 Å². The van der Waals surface area contributed by atoms with Crippen molar-refractivity contribution in [2.75, 3.05) is 18.4 Å². The van der Waals surface area contributed by atoms with Crippen molar-refractivity contribution in [3.8, 4) is 11.3 Å². The molecule has 2 heterocycles. The van der Waals surface area contributed by atoms with E-state index in [-0.39, 0.29) is 23.7 Å². The summed E-state index contributed by atoms with van der Waals surface area (Å²) in [5.41, 5.74) is 6.50. The minimum atomic E-state index is -0.386. The molecule has 0 unspecified atom stereocenters. The molecule has 0 radical (unpaired) electrons. The molecule has 3 rings (SSSR count). The first kappa shape index (κ1) is 15.4. The average Bonchev–Trinajstić information content (AvgIpc) is 3.16. The summed E-state index contributed by atoms with van der Waals surface area (Å²) in [6.45, 7) is 0.810. The van der Waals surface area contributed by atoms with Crippen LogP contribution in [0.1, 0.15) is 6.42 Å². The van der Waals surface area contributed by atoms with Gasteiger partial charge in [0.05, 0.1) is 11.6 Å². The van der Waals surface area contributed by atoms with Crippen molar-refractivity contribution in [1.29, 1.82) is 0 Å². The topological polar surface area (TPSA) is 88.3 Å². The van der Waals surface area contributed by atoms with Crippen LogP contribution in [0.25, 0.3) is 11.3 Å². The number of hydrogen-bond donors (Lipinski definition) is 2. The third-order valence-electron chi connectivity index (χ3n) is 3.72. The number of urea groups is 1. The molecule has 1 aliphatic rings. The summed E-state index contributed by atoms with van der Waals surface area (Å²) < 4.78 is 13.2. The van der Waals surface area contributed by atoms with E-state index in [9.17, 15) is 14.0 Å². The molecule has 0 bridgehead atoms. The monoisotopic (exact) mass is 334 g/mol. The number of hydrogen-bond acceptors (Lipinski definition) is 4. The fourth-order valence-electron chi connectivity index (χ4n) is 2.46. The number of benzene rings is 1. The first-order valence-corrected chi connectivity index (χ1v) is 7.97. The van der Waals surface area contributed by atoms with Crippen LogP contribution in [0.4, 0.5) is 14.3 Å². The summed E-state index contributed by atoms with van der Waals surface area (Å²) in [5.74, 6) is -1.02. The number of amides is 3. The molecule has 1 fully saturated rings. The zero-order valence-electron chi connectivity index (χ0n) is 12.2. The number of thiazole rings is 1. The predicted molar refractivity (Wildman–Crippen MR) is 85.4 cm³/mol. The van der Waals surface area contributed by atoms with Gasteiger partial charge < -0.3 is 10.6 Å². The van der Waals surface area contributed by atoms with Gasteiger partial charge in [0.25, 0.3) is 0 Å². The summed E-state index contributed by atoms with van der Waals surface area (Å²) in [4.78, 5) is 29.1. The van der Waals surface area contributed by atoms with Crippen LogP contribution in [0.5, 0.6) is 0 Å². The minimum Gasteiger partial charge on any atom is -0.369 e. The molecular weight excluding hydrogens is 319 g/mol. The van der Waals surface area contributed by atoms with E-state index in [2.05, 4.69) is 10.3 Å². The fraction of sp³-hybridized carbons (Fsp3) is 0.267. The molecule has 8 heteroatoms. The van der Waals surface area contributed by atoms with Crippen LogP contribution in [0.3, 0.4) is 0 Å². The highest BCUT2D eigenvalue weighted by molar-refractivity contribution is 7.14. The number of likely N-dealkylation sites (tertiary alicyclic amines) is 1. The number of carbonyl (C=O) groups is 2. The van der Waals surface area contributed by atoms with Gasteiger partial charge in [-0.25, -0.2) is 14.2 Å². The number of halogens is 1. The van der Waals surface area contributed by atoms with E-state index in [0.717, 1.165) is 0 Å². The Morgan fingerprint density at radius 2 is 2.26 bits per heavy atom. The number of nitrogens with zero attached hydrogens (tertiary/aromatic N) is 2. The van der Waals surface area contributed by atoms with Crippen molar-refractivity contribution < 1.29 is 14.0 Å². The van der Waals surface area contributed by atoms with Gasteiger partial charge in [-0.05, 0) is 18.6 Å². The molecule has 0 saturated carbocycles. The molecule has 3 N–H and O–H groups in total. The second-order valence-corrected chi connectivity index (χ2v) is 6.17. The summed E-state index contributed by atoms with van der Waals surface area (Å²) in [6.07, 6.45) is 0.579. The summed E-state index contributed by atoms with van der Waals surface area (Å²) in [7, 11) is 0. The third kappa shape index (κ3) is 3.48. The Kier molecular flexibility index (Phi) is 4.24. The van der Waals surface area contributed by atoms with Crippen molar-refractivity contribution in [3.63, 3.8) is 0 Å². The molecule has 1 saturated heterocycles. The predicted octanol–water partition coefficient (Wildman–Crippen LogP) is 2.29. The quantitative estimate of drug-likeness (QED) is 0.902. The number of nitrogens with one attached hydrogen (secondary N) is 1. The summed E-state index contributed by atoms with van der Waals surface area (Å²) in [5, 5.41) is 4.87. The van der Waals surface area contributed by atoms with Crippen LogP contribution in [0.2, 0.25) is 0 Å². The van der Waals surface area contributed by atoms with Gasteiger partial charge in [-0.3, -0.25) is 10.1 Å². The second-order valence-electron chi connectivity index (χ2n) is 5.31. The van der Waals surface area contributed by atoms with E-state index in [4.69, 9.17) is 5.73 Å². The van der Waals surface area contributed by atoms with Crippen LogP contribution in [0.15, 0.2) is 29.6 Å². The molecule has 3 amide bonds. The van der Waals surface area contributed by atoms with Crippen LogP contribution in [-0.4, -0.2) is 34.9 Å². The Morgan fingerprint density at radius 3 is 2.96 bits per heavy atom. The van der Waals surface area contributed by atoms with E-state index in [1.54, 1.807) is 22.4 Å². The molecule has 0 spiro atoms. The Labute approximate surface area is 136 Å². The lowest BCUT2D eigenvalue weighted by Gasteiger charge is -2.15. The van der Waals surface area contributed by atoms with E-state index >= 15 is 0 Å². The van der Waals surface area contributed by atoms with Crippen LogP contribution in [-0.2, 0) is 4.79 Å². The molecule has 6 nitrogen and oxygen atoms in total.